The van der Waals surface area contributed by atoms with Crippen LogP contribution in [-0.4, -0.2) is 59.4 Å². The number of aliphatic hydroxyl groups is 2. The number of hydrogen-bond donors (Lipinski definition) is 3. The molecule has 3 saturated carbocycles. The number of allylic oxidation sites excluding steroid dienone is 4. The number of methoxy groups -OCH3 is 2. The molecule has 2 spiro atoms. The van der Waals surface area contributed by atoms with E-state index < -0.39 is 45.5 Å². The van der Waals surface area contributed by atoms with E-state index in [4.69, 9.17) is 9.47 Å². The zero-order chi connectivity index (χ0) is 42.2. The van der Waals surface area contributed by atoms with Crippen molar-refractivity contribution in [2.75, 3.05) is 20.8 Å². The van der Waals surface area contributed by atoms with Crippen molar-refractivity contribution < 1.29 is 42.4 Å². The van der Waals surface area contributed by atoms with Crippen LogP contribution in [0.5, 0.6) is 11.5 Å². The molecule has 8 nitrogen and oxygen atoms in total. The van der Waals surface area contributed by atoms with Gasteiger partial charge in [-0.15, -0.1) is 0 Å². The van der Waals surface area contributed by atoms with Crippen molar-refractivity contribution in [3.63, 3.8) is 0 Å². The van der Waals surface area contributed by atoms with Crippen LogP contribution in [0.4, 0.5) is 18.0 Å². The Kier molecular flexibility index (Phi) is 10.1. The van der Waals surface area contributed by atoms with E-state index in [9.17, 15) is 33.0 Å². The highest BCUT2D eigenvalue weighted by molar-refractivity contribution is 6.10. The van der Waals surface area contributed by atoms with Crippen LogP contribution in [0.2, 0.25) is 0 Å². The zero-order valence-corrected chi connectivity index (χ0v) is 34.4. The number of fused-ring (bicyclic) bond motifs is 1. The first-order valence-corrected chi connectivity index (χ1v) is 20.8. The summed E-state index contributed by atoms with van der Waals surface area (Å²) in [7, 11) is 3.13. The normalized spacial score (nSPS) is 33.5. The molecule has 11 heteroatoms. The van der Waals surface area contributed by atoms with Gasteiger partial charge in [0.1, 0.15) is 11.5 Å². The Bertz CT molecular complexity index is 2190. The predicted octanol–water partition coefficient (Wildman–Crippen LogP) is 9.47. The van der Waals surface area contributed by atoms with Crippen LogP contribution in [0, 0.1) is 33.5 Å². The van der Waals surface area contributed by atoms with Crippen molar-refractivity contribution in [2.45, 2.75) is 96.2 Å². The third-order valence-corrected chi connectivity index (χ3v) is 15.6. The Hall–Kier alpha value is -4.61. The molecule has 3 fully saturated rings. The molecule has 0 heterocycles. The number of amides is 2. The van der Waals surface area contributed by atoms with Crippen LogP contribution in [0.25, 0.3) is 0 Å². The maximum absolute atomic E-state index is 14.9. The number of rotatable bonds is 10. The number of nitrogens with zero attached hydrogens (tertiary/aromatic N) is 1. The lowest BCUT2D eigenvalue weighted by Crippen LogP contribution is -2.67. The van der Waals surface area contributed by atoms with E-state index in [-0.39, 0.29) is 48.0 Å². The van der Waals surface area contributed by atoms with Crippen molar-refractivity contribution in [2.24, 2.45) is 33.5 Å². The van der Waals surface area contributed by atoms with Gasteiger partial charge >= 0.3 is 12.2 Å². The number of aliphatic hydroxyl groups excluding tert-OH is 1. The quantitative estimate of drug-likeness (QED) is 0.139. The summed E-state index contributed by atoms with van der Waals surface area (Å²) < 4.78 is 53.2. The van der Waals surface area contributed by atoms with Gasteiger partial charge in [0.15, 0.2) is 5.78 Å². The van der Waals surface area contributed by atoms with Gasteiger partial charge in [-0.3, -0.25) is 4.79 Å². The Balaban J connectivity index is 1.19. The number of hydrogen-bond acceptors (Lipinski definition) is 6. The third-order valence-electron chi connectivity index (χ3n) is 15.6. The highest BCUT2D eigenvalue weighted by Crippen LogP contribution is 2.78. The van der Waals surface area contributed by atoms with Crippen molar-refractivity contribution in [1.82, 2.24) is 10.2 Å². The van der Waals surface area contributed by atoms with Crippen LogP contribution in [0.3, 0.4) is 0 Å². The molecule has 314 valence electrons. The SMILES string of the molecule is COc1ccc(CN(C[C@]2(O)CC[C@H]3[C@]45C=C[C@@]6(C=C4C(=O)c4cccc(C(F)(F)F)c4)CC(O)CC[C@]6(C)[C@H]5CC[C@@]32C)C(=O)N[C@H](C)c2ccccc2)c(OC)c1. The lowest BCUT2D eigenvalue weighted by atomic mass is 9.32. The largest absolute Gasteiger partial charge is 0.497 e. The number of Topliss-reactive ketones (excluding diaryl/α,β-unsaturated/α-hetero) is 1. The monoisotopic (exact) mass is 812 g/mol. The standard InChI is InChI=1S/C48H55F3N2O6/c1-30(31-10-7-6-8-11-31)52-42(56)53(28-33-14-15-36(58-4)25-38(33)59-5)29-46(57)21-18-40-44(46,3)20-17-39-43(2)19-16-35(54)26-45(43)22-23-47(39,40)37(27-45)41(55)32-12-9-13-34(24-32)48(49,50)51/h6-15,22-25,27,30,35,39-40,54,57H,16-21,26,28-29H2,1-5H3,(H,52,56)/t30-,35?,39-,40-,43-,44+,45+,46-,47-/m1/s1. The summed E-state index contributed by atoms with van der Waals surface area (Å²) in [4.78, 5) is 31.1. The second-order valence-corrected chi connectivity index (χ2v) is 18.3. The predicted molar refractivity (Wildman–Crippen MR) is 218 cm³/mol. The average Bonchev–Trinajstić information content (AvgIpc) is 3.49. The average molecular weight is 813 g/mol. The Morgan fingerprint density at radius 2 is 1.61 bits per heavy atom. The van der Waals surface area contributed by atoms with Crippen LogP contribution in [0.15, 0.2) is 96.6 Å². The smallest absolute Gasteiger partial charge is 0.416 e. The van der Waals surface area contributed by atoms with Gasteiger partial charge in [-0.25, -0.2) is 4.79 Å². The first-order chi connectivity index (χ1) is 27.9. The van der Waals surface area contributed by atoms with E-state index in [1.165, 1.54) is 12.1 Å². The molecule has 0 aliphatic heterocycles. The van der Waals surface area contributed by atoms with Crippen LogP contribution >= 0.6 is 0 Å². The van der Waals surface area contributed by atoms with Crippen LogP contribution in [0.1, 0.15) is 98.8 Å². The number of ether oxygens (including phenoxy) is 2. The minimum absolute atomic E-state index is 0.0129. The minimum atomic E-state index is -4.63. The van der Waals surface area contributed by atoms with Gasteiger partial charge in [-0.1, -0.05) is 74.5 Å². The van der Waals surface area contributed by atoms with E-state index in [2.05, 4.69) is 31.3 Å². The number of halogens is 3. The summed E-state index contributed by atoms with van der Waals surface area (Å²) in [6.45, 7) is 6.37. The van der Waals surface area contributed by atoms with Gasteiger partial charge in [0.25, 0.3) is 0 Å². The van der Waals surface area contributed by atoms with Crippen molar-refractivity contribution in [3.05, 3.63) is 119 Å². The van der Waals surface area contributed by atoms with Crippen molar-refractivity contribution in [3.8, 4) is 11.5 Å². The number of carbonyl (C=O) groups excluding carboxylic acids is 2. The molecular weight excluding hydrogens is 758 g/mol. The topological polar surface area (TPSA) is 108 Å². The fourth-order valence-corrected chi connectivity index (χ4v) is 12.4. The van der Waals surface area contributed by atoms with Gasteiger partial charge in [0.05, 0.1) is 50.6 Å². The molecule has 6 aliphatic carbocycles. The number of alkyl halides is 3. The fourth-order valence-electron chi connectivity index (χ4n) is 12.4. The summed E-state index contributed by atoms with van der Waals surface area (Å²) in [6.07, 6.45) is 5.05. The molecule has 2 amide bonds. The van der Waals surface area contributed by atoms with E-state index >= 15 is 0 Å². The lowest BCUT2D eigenvalue weighted by Gasteiger charge is -2.71. The van der Waals surface area contributed by atoms with E-state index in [1.807, 2.05) is 49.4 Å². The maximum Gasteiger partial charge on any atom is 0.416 e. The Morgan fingerprint density at radius 1 is 0.898 bits per heavy atom. The number of urea groups is 1. The van der Waals surface area contributed by atoms with Gasteiger partial charge in [0.2, 0.25) is 0 Å². The zero-order valence-electron chi connectivity index (χ0n) is 34.4. The summed E-state index contributed by atoms with van der Waals surface area (Å²) >= 11 is 0. The fraction of sp³-hybridized carbons (Fsp3) is 0.500. The molecule has 0 saturated heterocycles. The third kappa shape index (κ3) is 6.40. The first kappa shape index (κ1) is 41.1. The Morgan fingerprint density at radius 3 is 2.32 bits per heavy atom. The molecule has 9 atom stereocenters. The maximum atomic E-state index is 14.9. The van der Waals surface area contributed by atoms with Crippen LogP contribution < -0.4 is 14.8 Å². The summed E-state index contributed by atoms with van der Waals surface area (Å²) in [6, 6.07) is 19.0. The van der Waals surface area contributed by atoms with Gasteiger partial charge in [-0.05, 0) is 98.9 Å². The number of carbonyl (C=O) groups is 2. The highest BCUT2D eigenvalue weighted by atomic mass is 19.4. The molecule has 3 aromatic carbocycles. The second kappa shape index (κ2) is 14.5. The molecule has 2 bridgehead atoms. The van der Waals surface area contributed by atoms with E-state index in [1.54, 1.807) is 31.3 Å². The molecule has 1 unspecified atom stereocenters. The molecule has 0 aromatic heterocycles. The lowest BCUT2D eigenvalue weighted by molar-refractivity contribution is -0.174. The first-order valence-electron chi connectivity index (χ1n) is 20.8. The van der Waals surface area contributed by atoms with Crippen molar-refractivity contribution >= 4 is 11.8 Å². The number of nitrogens with one attached hydrogen (secondary N) is 1. The summed E-state index contributed by atoms with van der Waals surface area (Å²) in [5.41, 5.74) is -2.88. The molecule has 6 aliphatic rings. The number of benzene rings is 3. The Labute approximate surface area is 344 Å². The number of ketones is 1. The van der Waals surface area contributed by atoms with Crippen LogP contribution in [-0.2, 0) is 12.7 Å². The molecule has 3 N–H and O–H groups in total. The van der Waals surface area contributed by atoms with Gasteiger partial charge in [0, 0.05) is 39.0 Å². The molecule has 59 heavy (non-hydrogen) atoms. The minimum Gasteiger partial charge on any atom is -0.497 e. The summed E-state index contributed by atoms with van der Waals surface area (Å²) in [5, 5.41) is 27.5. The highest BCUT2D eigenvalue weighted by Gasteiger charge is 2.74. The molecular formula is C48H55F3N2O6. The van der Waals surface area contributed by atoms with Gasteiger partial charge < -0.3 is 29.9 Å². The van der Waals surface area contributed by atoms with Gasteiger partial charge in [-0.2, -0.15) is 13.2 Å². The van der Waals surface area contributed by atoms with Crippen molar-refractivity contribution in [1.29, 1.82) is 0 Å². The van der Waals surface area contributed by atoms with E-state index in [0.29, 0.717) is 55.6 Å². The second-order valence-electron chi connectivity index (χ2n) is 18.3. The summed E-state index contributed by atoms with van der Waals surface area (Å²) in [5.74, 6) is 0.349. The molecule has 3 aromatic rings. The molecule has 0 radical (unpaired) electrons. The van der Waals surface area contributed by atoms with E-state index in [0.717, 1.165) is 29.7 Å². The molecule has 9 rings (SSSR count).